The Hall–Kier alpha value is -1.93. The van der Waals surface area contributed by atoms with Gasteiger partial charge in [-0.3, -0.25) is 4.79 Å². The van der Waals surface area contributed by atoms with Crippen LogP contribution < -0.4 is 0 Å². The number of carbonyl (C=O) groups excluding carboxylic acids is 1. The molecule has 1 fully saturated rings. The number of sulfonamides is 1. The Morgan fingerprint density at radius 3 is 2.48 bits per heavy atom. The number of aliphatic carboxylic acids is 1. The lowest BCUT2D eigenvalue weighted by atomic mass is 10.1. The highest BCUT2D eigenvalue weighted by Gasteiger charge is 2.36. The van der Waals surface area contributed by atoms with Gasteiger partial charge in [0.2, 0.25) is 10.0 Å². The molecule has 0 radical (unpaired) electrons. The van der Waals surface area contributed by atoms with Gasteiger partial charge in [-0.1, -0.05) is 12.1 Å². The topological polar surface area (TPSA) is 101 Å². The van der Waals surface area contributed by atoms with E-state index in [4.69, 9.17) is 0 Å². The molecule has 1 aromatic rings. The van der Waals surface area contributed by atoms with Gasteiger partial charge in [-0.05, 0) is 37.0 Å². The number of piperidine rings is 1. The van der Waals surface area contributed by atoms with E-state index in [9.17, 15) is 23.1 Å². The lowest BCUT2D eigenvalue weighted by Crippen LogP contribution is -2.48. The second kappa shape index (κ2) is 7.10. The summed E-state index contributed by atoms with van der Waals surface area (Å²) in [6.07, 6.45) is 1.69. The number of benzene rings is 1. The van der Waals surface area contributed by atoms with Crippen LogP contribution in [0.5, 0.6) is 0 Å². The molecular formula is C15H19NO6S. The predicted molar refractivity (Wildman–Crippen MR) is 82.4 cm³/mol. The van der Waals surface area contributed by atoms with Crippen LogP contribution in [0.2, 0.25) is 0 Å². The molecule has 0 saturated carbocycles. The summed E-state index contributed by atoms with van der Waals surface area (Å²) in [5.41, 5.74) is 0.822. The maximum absolute atomic E-state index is 12.5. The first kappa shape index (κ1) is 17.4. The Morgan fingerprint density at radius 1 is 1.26 bits per heavy atom. The van der Waals surface area contributed by atoms with E-state index in [1.54, 1.807) is 0 Å². The monoisotopic (exact) mass is 341 g/mol. The third-order valence-electron chi connectivity index (χ3n) is 3.82. The fourth-order valence-corrected chi connectivity index (χ4v) is 4.40. The van der Waals surface area contributed by atoms with Crippen molar-refractivity contribution in [1.82, 2.24) is 4.31 Å². The molecule has 126 valence electrons. The minimum Gasteiger partial charge on any atom is -0.480 e. The SMILES string of the molecule is COC(=O)c1ccc(CS(=O)(=O)N2CCCCC2C(=O)O)cc1. The summed E-state index contributed by atoms with van der Waals surface area (Å²) in [7, 11) is -2.47. The van der Waals surface area contributed by atoms with Crippen molar-refractivity contribution in [3.63, 3.8) is 0 Å². The molecule has 2 rings (SSSR count). The van der Waals surface area contributed by atoms with Gasteiger partial charge in [0.05, 0.1) is 18.4 Å². The first-order chi connectivity index (χ1) is 10.8. The highest BCUT2D eigenvalue weighted by molar-refractivity contribution is 7.88. The summed E-state index contributed by atoms with van der Waals surface area (Å²) in [5.74, 6) is -1.91. The third-order valence-corrected chi connectivity index (χ3v) is 5.67. The van der Waals surface area contributed by atoms with E-state index in [1.807, 2.05) is 0 Å². The molecule has 0 aliphatic carbocycles. The van der Waals surface area contributed by atoms with Gasteiger partial charge < -0.3 is 9.84 Å². The highest BCUT2D eigenvalue weighted by atomic mass is 32.2. The number of carboxylic acids is 1. The van der Waals surface area contributed by atoms with Crippen LogP contribution >= 0.6 is 0 Å². The van der Waals surface area contributed by atoms with E-state index in [1.165, 1.54) is 31.4 Å². The molecule has 1 aromatic carbocycles. The standard InChI is InChI=1S/C15H19NO6S/c1-22-15(19)12-7-5-11(6-8-12)10-23(20,21)16-9-3-2-4-13(16)14(17)18/h5-8,13H,2-4,9-10H2,1H3,(H,17,18). The zero-order chi connectivity index (χ0) is 17.0. The van der Waals surface area contributed by atoms with Gasteiger partial charge in [0, 0.05) is 6.54 Å². The molecule has 0 amide bonds. The number of carbonyl (C=O) groups is 2. The zero-order valence-electron chi connectivity index (χ0n) is 12.8. The van der Waals surface area contributed by atoms with Crippen LogP contribution in [0.15, 0.2) is 24.3 Å². The zero-order valence-corrected chi connectivity index (χ0v) is 13.6. The summed E-state index contributed by atoms with van der Waals surface area (Å²) in [4.78, 5) is 22.6. The fourth-order valence-electron chi connectivity index (χ4n) is 2.63. The minimum atomic E-state index is -3.73. The van der Waals surface area contributed by atoms with E-state index in [2.05, 4.69) is 4.74 Å². The largest absolute Gasteiger partial charge is 0.480 e. The van der Waals surface area contributed by atoms with Crippen molar-refractivity contribution < 1.29 is 27.9 Å². The Balaban J connectivity index is 2.17. The van der Waals surface area contributed by atoms with Gasteiger partial charge in [-0.15, -0.1) is 0 Å². The third kappa shape index (κ3) is 4.08. The van der Waals surface area contributed by atoms with Crippen molar-refractivity contribution in [2.24, 2.45) is 0 Å². The maximum Gasteiger partial charge on any atom is 0.337 e. The van der Waals surface area contributed by atoms with Gasteiger partial charge in [0.25, 0.3) is 0 Å². The molecule has 8 heteroatoms. The average molecular weight is 341 g/mol. The molecule has 23 heavy (non-hydrogen) atoms. The summed E-state index contributed by atoms with van der Waals surface area (Å²) in [5, 5.41) is 9.21. The highest BCUT2D eigenvalue weighted by Crippen LogP contribution is 2.23. The molecule has 0 aromatic heterocycles. The van der Waals surface area contributed by atoms with Crippen molar-refractivity contribution in [1.29, 1.82) is 0 Å². The summed E-state index contributed by atoms with van der Waals surface area (Å²) >= 11 is 0. The first-order valence-corrected chi connectivity index (χ1v) is 8.85. The molecule has 0 spiro atoms. The van der Waals surface area contributed by atoms with Crippen molar-refractivity contribution in [2.75, 3.05) is 13.7 Å². The van der Waals surface area contributed by atoms with Gasteiger partial charge in [-0.2, -0.15) is 4.31 Å². The molecule has 1 N–H and O–H groups in total. The maximum atomic E-state index is 12.5. The minimum absolute atomic E-state index is 0.222. The molecule has 1 unspecified atom stereocenters. The molecular weight excluding hydrogens is 322 g/mol. The molecule has 1 atom stereocenters. The molecule has 0 bridgehead atoms. The van der Waals surface area contributed by atoms with Crippen molar-refractivity contribution in [2.45, 2.75) is 31.1 Å². The van der Waals surface area contributed by atoms with E-state index in [0.717, 1.165) is 4.31 Å². The molecule has 1 aliphatic rings. The number of esters is 1. The van der Waals surface area contributed by atoms with E-state index in [-0.39, 0.29) is 12.3 Å². The number of hydrogen-bond acceptors (Lipinski definition) is 5. The smallest absolute Gasteiger partial charge is 0.337 e. The Bertz CT molecular complexity index is 682. The number of nitrogens with zero attached hydrogens (tertiary/aromatic N) is 1. The summed E-state index contributed by atoms with van der Waals surface area (Å²) in [6, 6.07) is 5.04. The first-order valence-electron chi connectivity index (χ1n) is 7.25. The van der Waals surface area contributed by atoms with E-state index in [0.29, 0.717) is 30.4 Å². The van der Waals surface area contributed by atoms with Crippen LogP contribution in [-0.2, 0) is 25.3 Å². The number of ether oxygens (including phenoxy) is 1. The average Bonchev–Trinajstić information content (AvgIpc) is 2.54. The van der Waals surface area contributed by atoms with Crippen molar-refractivity contribution in [3.05, 3.63) is 35.4 Å². The van der Waals surface area contributed by atoms with Gasteiger partial charge in [-0.25, -0.2) is 13.2 Å². The quantitative estimate of drug-likeness (QED) is 0.809. The van der Waals surface area contributed by atoms with Gasteiger partial charge >= 0.3 is 11.9 Å². The Morgan fingerprint density at radius 2 is 1.91 bits per heavy atom. The molecule has 7 nitrogen and oxygen atoms in total. The van der Waals surface area contributed by atoms with Crippen molar-refractivity contribution in [3.8, 4) is 0 Å². The Labute approximate surface area is 134 Å². The molecule has 1 aliphatic heterocycles. The van der Waals surface area contributed by atoms with Crippen LogP contribution in [0, 0.1) is 0 Å². The number of carboxylic acid groups (broad SMARTS) is 1. The summed E-state index contributed by atoms with van der Waals surface area (Å²) in [6.45, 7) is 0.222. The van der Waals surface area contributed by atoms with Crippen LogP contribution in [0.1, 0.15) is 35.2 Å². The van der Waals surface area contributed by atoms with Gasteiger partial charge in [0.15, 0.2) is 0 Å². The Kier molecular flexibility index (Phi) is 5.38. The normalized spacial score (nSPS) is 19.3. The fraction of sp³-hybridized carbons (Fsp3) is 0.467. The van der Waals surface area contributed by atoms with Crippen LogP contribution in [0.25, 0.3) is 0 Å². The van der Waals surface area contributed by atoms with E-state index >= 15 is 0 Å². The predicted octanol–water partition coefficient (Wildman–Crippen LogP) is 1.24. The number of hydrogen-bond donors (Lipinski definition) is 1. The van der Waals surface area contributed by atoms with Crippen molar-refractivity contribution >= 4 is 22.0 Å². The van der Waals surface area contributed by atoms with Gasteiger partial charge in [0.1, 0.15) is 6.04 Å². The van der Waals surface area contributed by atoms with Crippen LogP contribution in [-0.4, -0.2) is 49.5 Å². The lowest BCUT2D eigenvalue weighted by molar-refractivity contribution is -0.142. The number of rotatable bonds is 5. The lowest BCUT2D eigenvalue weighted by Gasteiger charge is -2.31. The van der Waals surface area contributed by atoms with Crippen LogP contribution in [0.3, 0.4) is 0 Å². The van der Waals surface area contributed by atoms with E-state index < -0.39 is 28.0 Å². The number of methoxy groups -OCH3 is 1. The summed E-state index contributed by atoms with van der Waals surface area (Å²) < 4.78 is 30.7. The molecule has 1 saturated heterocycles. The second-order valence-electron chi connectivity index (χ2n) is 5.41. The molecule has 1 heterocycles. The van der Waals surface area contributed by atoms with Crippen LogP contribution in [0.4, 0.5) is 0 Å². The second-order valence-corrected chi connectivity index (χ2v) is 7.33.